The number of nitrogens with zero attached hydrogens (tertiary/aromatic N) is 1. The molecule has 1 aromatic rings. The van der Waals surface area contributed by atoms with Crippen LogP contribution in [0.2, 0.25) is 0 Å². The molecule has 2 nitrogen and oxygen atoms in total. The third-order valence-corrected chi connectivity index (χ3v) is 2.06. The fraction of sp³-hybridized carbons (Fsp3) is 0.250. The molecular formula is C12H13NO. The van der Waals surface area contributed by atoms with Crippen LogP contribution in [-0.2, 0) is 4.79 Å². The summed E-state index contributed by atoms with van der Waals surface area (Å²) in [5, 5.41) is 0. The van der Waals surface area contributed by atoms with E-state index < -0.39 is 0 Å². The second-order valence-corrected chi connectivity index (χ2v) is 3.17. The lowest BCUT2D eigenvalue weighted by Crippen LogP contribution is -1.93. The summed E-state index contributed by atoms with van der Waals surface area (Å²) in [6.45, 7) is 5.66. The molecule has 14 heavy (non-hydrogen) atoms. The van der Waals surface area contributed by atoms with Crippen molar-refractivity contribution in [3.63, 3.8) is 0 Å². The van der Waals surface area contributed by atoms with Crippen molar-refractivity contribution in [2.75, 3.05) is 0 Å². The Morgan fingerprint density at radius 1 is 1.50 bits per heavy atom. The van der Waals surface area contributed by atoms with Gasteiger partial charge in [0, 0.05) is 0 Å². The Morgan fingerprint density at radius 3 is 2.64 bits per heavy atom. The molecule has 0 fully saturated rings. The van der Waals surface area contributed by atoms with Gasteiger partial charge in [-0.2, -0.15) is 4.99 Å². The van der Waals surface area contributed by atoms with Gasteiger partial charge in [0.1, 0.15) is 0 Å². The molecule has 1 rings (SSSR count). The summed E-state index contributed by atoms with van der Waals surface area (Å²) in [7, 11) is 0. The van der Waals surface area contributed by atoms with Crippen LogP contribution in [0.15, 0.2) is 41.9 Å². The van der Waals surface area contributed by atoms with Crippen LogP contribution in [0.3, 0.4) is 0 Å². The molecule has 0 aromatic heterocycles. The van der Waals surface area contributed by atoms with E-state index in [1.165, 1.54) is 5.56 Å². The zero-order valence-corrected chi connectivity index (χ0v) is 8.23. The van der Waals surface area contributed by atoms with Gasteiger partial charge in [0.05, 0.1) is 6.04 Å². The molecule has 1 atom stereocenters. The molecule has 1 unspecified atom stereocenters. The summed E-state index contributed by atoms with van der Waals surface area (Å²) >= 11 is 0. The van der Waals surface area contributed by atoms with Crippen LogP contribution in [-0.4, -0.2) is 6.08 Å². The summed E-state index contributed by atoms with van der Waals surface area (Å²) in [4.78, 5) is 13.9. The summed E-state index contributed by atoms with van der Waals surface area (Å²) in [6, 6.07) is 7.83. The van der Waals surface area contributed by atoms with Crippen LogP contribution >= 0.6 is 0 Å². The summed E-state index contributed by atoms with van der Waals surface area (Å²) in [5.41, 5.74) is 2.22. The Kier molecular flexibility index (Phi) is 3.84. The van der Waals surface area contributed by atoms with E-state index in [4.69, 9.17) is 0 Å². The fourth-order valence-corrected chi connectivity index (χ4v) is 1.27. The Labute approximate surface area is 84.0 Å². The van der Waals surface area contributed by atoms with Crippen molar-refractivity contribution in [2.24, 2.45) is 4.99 Å². The number of benzene rings is 1. The van der Waals surface area contributed by atoms with Crippen molar-refractivity contribution in [3.8, 4) is 0 Å². The maximum absolute atomic E-state index is 10.2. The van der Waals surface area contributed by atoms with E-state index in [9.17, 15) is 4.79 Å². The Hall–Kier alpha value is -1.66. The largest absolute Gasteiger partial charge is 0.235 e. The normalized spacial score (nSPS) is 11.5. The molecule has 0 aliphatic carbocycles. The Bertz CT molecular complexity index is 347. The van der Waals surface area contributed by atoms with Gasteiger partial charge in [-0.3, -0.25) is 0 Å². The first-order valence-corrected chi connectivity index (χ1v) is 4.52. The van der Waals surface area contributed by atoms with Gasteiger partial charge < -0.3 is 0 Å². The number of hydrogen-bond donors (Lipinski definition) is 0. The Morgan fingerprint density at radius 2 is 2.14 bits per heavy atom. The minimum absolute atomic E-state index is 0.134. The van der Waals surface area contributed by atoms with Crippen LogP contribution in [0.5, 0.6) is 0 Å². The summed E-state index contributed by atoms with van der Waals surface area (Å²) in [5.74, 6) is 0. The monoisotopic (exact) mass is 187 g/mol. The fourth-order valence-electron chi connectivity index (χ4n) is 1.27. The molecule has 0 radical (unpaired) electrons. The van der Waals surface area contributed by atoms with E-state index in [2.05, 4.69) is 11.6 Å². The van der Waals surface area contributed by atoms with Crippen molar-refractivity contribution in [2.45, 2.75) is 19.4 Å². The van der Waals surface area contributed by atoms with Crippen molar-refractivity contribution in [1.29, 1.82) is 0 Å². The van der Waals surface area contributed by atoms with Gasteiger partial charge in [-0.1, -0.05) is 35.9 Å². The second-order valence-electron chi connectivity index (χ2n) is 3.17. The predicted octanol–water partition coefficient (Wildman–Crippen LogP) is 2.95. The minimum Gasteiger partial charge on any atom is -0.211 e. The number of aliphatic imine (C=N–C) groups is 1. The molecule has 0 amide bonds. The first-order valence-electron chi connectivity index (χ1n) is 4.52. The zero-order chi connectivity index (χ0) is 10.4. The van der Waals surface area contributed by atoms with Crippen molar-refractivity contribution in [1.82, 2.24) is 0 Å². The van der Waals surface area contributed by atoms with E-state index in [0.717, 1.165) is 5.56 Å². The highest BCUT2D eigenvalue weighted by Gasteiger charge is 2.06. The molecule has 72 valence electrons. The third-order valence-electron chi connectivity index (χ3n) is 2.06. The second kappa shape index (κ2) is 5.15. The van der Waals surface area contributed by atoms with E-state index in [1.54, 1.807) is 12.2 Å². The van der Waals surface area contributed by atoms with E-state index in [1.807, 2.05) is 31.2 Å². The Balaban J connectivity index is 2.92. The average molecular weight is 187 g/mol. The number of isocyanates is 1. The third kappa shape index (κ3) is 2.68. The average Bonchev–Trinajstić information content (AvgIpc) is 2.19. The van der Waals surface area contributed by atoms with Gasteiger partial charge in [-0.25, -0.2) is 4.79 Å². The van der Waals surface area contributed by atoms with Gasteiger partial charge in [0.15, 0.2) is 0 Å². The lowest BCUT2D eigenvalue weighted by atomic mass is 10.0. The van der Waals surface area contributed by atoms with Gasteiger partial charge in [-0.05, 0) is 18.9 Å². The molecule has 0 aliphatic heterocycles. The van der Waals surface area contributed by atoms with E-state index in [0.29, 0.717) is 6.42 Å². The highest BCUT2D eigenvalue weighted by Crippen LogP contribution is 2.21. The van der Waals surface area contributed by atoms with Crippen molar-refractivity contribution in [3.05, 3.63) is 48.0 Å². The first kappa shape index (κ1) is 10.4. The van der Waals surface area contributed by atoms with Crippen molar-refractivity contribution < 1.29 is 4.79 Å². The SMILES string of the molecule is C=CCC(N=C=O)c1ccc(C)cc1. The van der Waals surface area contributed by atoms with Gasteiger partial charge in [0.25, 0.3) is 0 Å². The highest BCUT2D eigenvalue weighted by molar-refractivity contribution is 5.36. The quantitative estimate of drug-likeness (QED) is 0.405. The molecule has 0 bridgehead atoms. The molecule has 0 saturated heterocycles. The number of carbonyl (C=O) groups excluding carboxylic acids is 1. The van der Waals surface area contributed by atoms with Crippen LogP contribution in [0.1, 0.15) is 23.6 Å². The number of hydrogen-bond acceptors (Lipinski definition) is 2. The van der Waals surface area contributed by atoms with E-state index >= 15 is 0 Å². The summed E-state index contributed by atoms with van der Waals surface area (Å²) < 4.78 is 0. The van der Waals surface area contributed by atoms with Gasteiger partial charge in [-0.15, -0.1) is 6.58 Å². The van der Waals surface area contributed by atoms with Crippen LogP contribution in [0.25, 0.3) is 0 Å². The lowest BCUT2D eigenvalue weighted by molar-refractivity contribution is 0.557. The first-order chi connectivity index (χ1) is 6.77. The minimum atomic E-state index is -0.134. The van der Waals surface area contributed by atoms with Crippen LogP contribution in [0, 0.1) is 6.92 Å². The molecule has 0 N–H and O–H groups in total. The van der Waals surface area contributed by atoms with E-state index in [-0.39, 0.29) is 6.04 Å². The molecular weight excluding hydrogens is 174 g/mol. The molecule has 0 saturated carbocycles. The maximum atomic E-state index is 10.2. The number of aryl methyl sites for hydroxylation is 1. The zero-order valence-electron chi connectivity index (χ0n) is 8.23. The lowest BCUT2D eigenvalue weighted by Gasteiger charge is -2.08. The standard InChI is InChI=1S/C12H13NO/c1-3-4-12(13-9-14)11-7-5-10(2)6-8-11/h3,5-8,12H,1,4H2,2H3. The topological polar surface area (TPSA) is 29.4 Å². The molecule has 2 heteroatoms. The molecule has 0 aliphatic rings. The predicted molar refractivity (Wildman–Crippen MR) is 56.9 cm³/mol. The van der Waals surface area contributed by atoms with Crippen LogP contribution < -0.4 is 0 Å². The molecule has 0 heterocycles. The highest BCUT2D eigenvalue weighted by atomic mass is 16.1. The smallest absolute Gasteiger partial charge is 0.211 e. The summed E-state index contributed by atoms with van der Waals surface area (Å²) in [6.07, 6.45) is 4.01. The van der Waals surface area contributed by atoms with Gasteiger partial charge >= 0.3 is 0 Å². The van der Waals surface area contributed by atoms with Crippen molar-refractivity contribution >= 4 is 6.08 Å². The maximum Gasteiger partial charge on any atom is 0.235 e. The molecule has 0 spiro atoms. The number of rotatable bonds is 4. The van der Waals surface area contributed by atoms with Gasteiger partial charge in [0.2, 0.25) is 6.08 Å². The molecule has 1 aromatic carbocycles. The van der Waals surface area contributed by atoms with Crippen LogP contribution in [0.4, 0.5) is 0 Å².